The summed E-state index contributed by atoms with van der Waals surface area (Å²) in [5, 5.41) is 4.11. The average Bonchev–Trinajstić information content (AvgIpc) is 3.52. The summed E-state index contributed by atoms with van der Waals surface area (Å²) in [4.78, 5) is 16.4. The third-order valence-corrected chi connectivity index (χ3v) is 5.63. The molecule has 4 heterocycles. The van der Waals surface area contributed by atoms with E-state index in [9.17, 15) is 0 Å². The number of hydrogen-bond acceptors (Lipinski definition) is 8. The molecule has 0 spiro atoms. The molecule has 7 nitrogen and oxygen atoms in total. The number of ether oxygens (including phenoxy) is 1. The van der Waals surface area contributed by atoms with Crippen LogP contribution in [0.4, 0.5) is 0 Å². The van der Waals surface area contributed by atoms with Gasteiger partial charge in [0.1, 0.15) is 11.9 Å². The summed E-state index contributed by atoms with van der Waals surface area (Å²) in [5.41, 5.74) is 3.55. The van der Waals surface area contributed by atoms with Crippen molar-refractivity contribution < 1.29 is 9.26 Å². The molecule has 1 aromatic carbocycles. The number of nitrogens with zero attached hydrogens (tertiary/aromatic N) is 5. The number of likely N-dealkylation sites (tertiary alicyclic amines) is 1. The molecular formula is C21H19N5O2S. The van der Waals surface area contributed by atoms with Crippen LogP contribution in [0.5, 0.6) is 5.75 Å². The Morgan fingerprint density at radius 2 is 2.03 bits per heavy atom. The number of benzene rings is 1. The summed E-state index contributed by atoms with van der Waals surface area (Å²) in [5.74, 6) is 1.75. The first-order valence-electron chi connectivity index (χ1n) is 9.45. The van der Waals surface area contributed by atoms with E-state index in [4.69, 9.17) is 9.26 Å². The van der Waals surface area contributed by atoms with Crippen molar-refractivity contribution in [3.8, 4) is 28.6 Å². The molecule has 0 bridgehead atoms. The number of thiazole rings is 1. The van der Waals surface area contributed by atoms with Crippen molar-refractivity contribution in [2.24, 2.45) is 0 Å². The average molecular weight is 405 g/mol. The number of pyridine rings is 1. The molecule has 0 N–H and O–H groups in total. The summed E-state index contributed by atoms with van der Waals surface area (Å²) in [6.07, 6.45) is 6.47. The van der Waals surface area contributed by atoms with Crippen molar-refractivity contribution in [3.63, 3.8) is 0 Å². The Kier molecular flexibility index (Phi) is 5.02. The van der Waals surface area contributed by atoms with Gasteiger partial charge in [-0.05, 0) is 30.7 Å². The number of aromatic nitrogens is 4. The standard InChI is InChI=1S/C21H19N5O2S/c1-2-4-19(27-16-7-10-26(12-16)13-17-11-23-14-29-17)18(3-1)21-24-20(25-28-21)15-5-8-22-9-6-15/h1-6,8-9,11,14,16H,7,10,12-13H2. The van der Waals surface area contributed by atoms with E-state index in [1.807, 2.05) is 48.1 Å². The van der Waals surface area contributed by atoms with Crippen LogP contribution in [0.25, 0.3) is 22.8 Å². The Labute approximate surface area is 172 Å². The lowest BCUT2D eigenvalue weighted by Crippen LogP contribution is -2.24. The quantitative estimate of drug-likeness (QED) is 0.481. The minimum absolute atomic E-state index is 0.131. The molecule has 1 aliphatic heterocycles. The third-order valence-electron chi connectivity index (χ3n) is 4.87. The van der Waals surface area contributed by atoms with Crippen molar-refractivity contribution in [1.82, 2.24) is 25.0 Å². The van der Waals surface area contributed by atoms with Crippen LogP contribution in [0.2, 0.25) is 0 Å². The Hall–Kier alpha value is -3.10. The van der Waals surface area contributed by atoms with Crippen molar-refractivity contribution in [2.45, 2.75) is 19.1 Å². The maximum Gasteiger partial charge on any atom is 0.262 e. The van der Waals surface area contributed by atoms with Crippen LogP contribution in [0.1, 0.15) is 11.3 Å². The second-order valence-electron chi connectivity index (χ2n) is 6.89. The second kappa shape index (κ2) is 8.10. The van der Waals surface area contributed by atoms with Gasteiger partial charge in [-0.15, -0.1) is 11.3 Å². The summed E-state index contributed by atoms with van der Waals surface area (Å²) in [6.45, 7) is 2.82. The van der Waals surface area contributed by atoms with E-state index in [1.165, 1.54) is 4.88 Å². The van der Waals surface area contributed by atoms with Gasteiger partial charge in [0.05, 0.1) is 11.1 Å². The molecule has 4 aromatic rings. The zero-order chi connectivity index (χ0) is 19.5. The van der Waals surface area contributed by atoms with Gasteiger partial charge in [-0.25, -0.2) is 0 Å². The van der Waals surface area contributed by atoms with E-state index in [1.54, 1.807) is 23.7 Å². The van der Waals surface area contributed by atoms with E-state index in [-0.39, 0.29) is 6.10 Å². The van der Waals surface area contributed by atoms with Gasteiger partial charge in [0, 0.05) is 48.7 Å². The molecule has 1 unspecified atom stereocenters. The van der Waals surface area contributed by atoms with Gasteiger partial charge in [0.25, 0.3) is 5.89 Å². The van der Waals surface area contributed by atoms with Gasteiger partial charge in [0.15, 0.2) is 0 Å². The second-order valence-corrected chi connectivity index (χ2v) is 7.86. The highest BCUT2D eigenvalue weighted by atomic mass is 32.1. The van der Waals surface area contributed by atoms with E-state index >= 15 is 0 Å². The lowest BCUT2D eigenvalue weighted by Gasteiger charge is -2.17. The molecule has 1 atom stereocenters. The smallest absolute Gasteiger partial charge is 0.262 e. The van der Waals surface area contributed by atoms with E-state index < -0.39 is 0 Å². The van der Waals surface area contributed by atoms with Crippen LogP contribution in [-0.4, -0.2) is 44.2 Å². The molecule has 1 fully saturated rings. The lowest BCUT2D eigenvalue weighted by atomic mass is 10.2. The molecule has 0 amide bonds. The van der Waals surface area contributed by atoms with Gasteiger partial charge >= 0.3 is 0 Å². The van der Waals surface area contributed by atoms with Crippen LogP contribution in [0.3, 0.4) is 0 Å². The van der Waals surface area contributed by atoms with Crippen LogP contribution < -0.4 is 4.74 Å². The zero-order valence-electron chi connectivity index (χ0n) is 15.6. The van der Waals surface area contributed by atoms with Crippen molar-refractivity contribution >= 4 is 11.3 Å². The maximum absolute atomic E-state index is 6.33. The molecule has 0 saturated carbocycles. The highest BCUT2D eigenvalue weighted by Gasteiger charge is 2.26. The summed E-state index contributed by atoms with van der Waals surface area (Å²) < 4.78 is 11.9. The molecule has 3 aromatic heterocycles. The van der Waals surface area contributed by atoms with Gasteiger partial charge in [-0.1, -0.05) is 17.3 Å². The highest BCUT2D eigenvalue weighted by molar-refractivity contribution is 7.09. The summed E-state index contributed by atoms with van der Waals surface area (Å²) in [7, 11) is 0. The molecule has 146 valence electrons. The van der Waals surface area contributed by atoms with E-state index in [2.05, 4.69) is 25.0 Å². The first kappa shape index (κ1) is 18.0. The fourth-order valence-corrected chi connectivity index (χ4v) is 4.09. The molecule has 1 aliphatic rings. The van der Waals surface area contributed by atoms with Crippen molar-refractivity contribution in [2.75, 3.05) is 13.1 Å². The molecule has 8 heteroatoms. The van der Waals surface area contributed by atoms with E-state index in [0.29, 0.717) is 11.7 Å². The van der Waals surface area contributed by atoms with Gasteiger partial charge < -0.3 is 9.26 Å². The van der Waals surface area contributed by atoms with Crippen LogP contribution in [-0.2, 0) is 6.54 Å². The zero-order valence-corrected chi connectivity index (χ0v) is 16.5. The normalized spacial score (nSPS) is 16.9. The fraction of sp³-hybridized carbons (Fsp3) is 0.238. The van der Waals surface area contributed by atoms with Crippen LogP contribution in [0, 0.1) is 0 Å². The maximum atomic E-state index is 6.33. The van der Waals surface area contributed by atoms with Gasteiger partial charge in [0.2, 0.25) is 5.82 Å². The number of para-hydroxylation sites is 1. The van der Waals surface area contributed by atoms with Crippen LogP contribution >= 0.6 is 11.3 Å². The SMILES string of the molecule is c1ccc(-c2nc(-c3ccncc3)no2)c(OC2CCN(Cc3cncs3)C2)c1. The first-order valence-corrected chi connectivity index (χ1v) is 10.3. The number of hydrogen-bond donors (Lipinski definition) is 0. The Morgan fingerprint density at radius 1 is 1.14 bits per heavy atom. The highest BCUT2D eigenvalue weighted by Crippen LogP contribution is 2.32. The van der Waals surface area contributed by atoms with Gasteiger partial charge in [-0.3, -0.25) is 14.9 Å². The van der Waals surface area contributed by atoms with E-state index in [0.717, 1.165) is 42.9 Å². The molecular weight excluding hydrogens is 386 g/mol. The topological polar surface area (TPSA) is 77.2 Å². The molecule has 5 rings (SSSR count). The first-order chi connectivity index (χ1) is 14.3. The number of rotatable bonds is 6. The summed E-state index contributed by atoms with van der Waals surface area (Å²) >= 11 is 1.69. The summed E-state index contributed by atoms with van der Waals surface area (Å²) in [6, 6.07) is 11.5. The monoisotopic (exact) mass is 405 g/mol. The third kappa shape index (κ3) is 4.03. The molecule has 0 radical (unpaired) electrons. The van der Waals surface area contributed by atoms with Gasteiger partial charge in [-0.2, -0.15) is 4.98 Å². The molecule has 0 aliphatic carbocycles. The largest absolute Gasteiger partial charge is 0.488 e. The minimum Gasteiger partial charge on any atom is -0.488 e. The predicted octanol–water partition coefficient (Wildman–Crippen LogP) is 3.91. The van der Waals surface area contributed by atoms with Crippen LogP contribution in [0.15, 0.2) is 65.0 Å². The molecule has 1 saturated heterocycles. The molecule has 29 heavy (non-hydrogen) atoms. The Bertz CT molecular complexity index is 1070. The minimum atomic E-state index is 0.131. The fourth-order valence-electron chi connectivity index (χ4n) is 3.45. The predicted molar refractivity (Wildman–Crippen MR) is 109 cm³/mol. The Balaban J connectivity index is 1.31. The van der Waals surface area contributed by atoms with Crippen molar-refractivity contribution in [1.29, 1.82) is 0 Å². The Morgan fingerprint density at radius 3 is 2.90 bits per heavy atom. The lowest BCUT2D eigenvalue weighted by molar-refractivity contribution is 0.199. The van der Waals surface area contributed by atoms with Crippen molar-refractivity contribution in [3.05, 3.63) is 65.4 Å².